The van der Waals surface area contributed by atoms with Crippen LogP contribution in [0.2, 0.25) is 0 Å². The van der Waals surface area contributed by atoms with Gasteiger partial charge in [-0.1, -0.05) is 61.2 Å². The van der Waals surface area contributed by atoms with E-state index >= 15 is 0 Å². The van der Waals surface area contributed by atoms with Gasteiger partial charge in [0.1, 0.15) is 0 Å². The van der Waals surface area contributed by atoms with Crippen LogP contribution in [0.1, 0.15) is 44.6 Å². The summed E-state index contributed by atoms with van der Waals surface area (Å²) in [7, 11) is 0. The van der Waals surface area contributed by atoms with Crippen LogP contribution in [0.25, 0.3) is 10.9 Å². The number of anilines is 1. The molecule has 1 fully saturated rings. The third-order valence-corrected chi connectivity index (χ3v) is 9.95. The Bertz CT molecular complexity index is 1720. The molecule has 0 unspecified atom stereocenters. The SMILES string of the molecule is CC[C@H](Sc1nc2ccccc2c(=O)n1CC1CCC(C(=O)NCCc2ccccc2)CC1)C(=O)Nc1ccc2c(c1)OCO2. The Kier molecular flexibility index (Phi) is 9.69. The fourth-order valence-corrected chi connectivity index (χ4v) is 7.05. The topological polar surface area (TPSA) is 112 Å². The molecule has 1 aliphatic heterocycles. The van der Waals surface area contributed by atoms with Crippen molar-refractivity contribution in [1.29, 1.82) is 0 Å². The molecule has 234 valence electrons. The maximum absolute atomic E-state index is 13.8. The summed E-state index contributed by atoms with van der Waals surface area (Å²) in [6, 6.07) is 22.8. The number of hydrogen-bond acceptors (Lipinski definition) is 7. The lowest BCUT2D eigenvalue weighted by Gasteiger charge is -2.29. The molecule has 2 heterocycles. The first-order valence-electron chi connectivity index (χ1n) is 15.7. The van der Waals surface area contributed by atoms with Gasteiger partial charge in [0.2, 0.25) is 18.6 Å². The van der Waals surface area contributed by atoms with Crippen molar-refractivity contribution in [3.05, 3.63) is 88.7 Å². The molecule has 1 aliphatic carbocycles. The molecule has 0 spiro atoms. The molecule has 0 bridgehead atoms. The molecule has 2 aliphatic rings. The van der Waals surface area contributed by atoms with Gasteiger partial charge in [-0.05, 0) is 74.3 Å². The Morgan fingerprint density at radius 3 is 2.53 bits per heavy atom. The van der Waals surface area contributed by atoms with Crippen molar-refractivity contribution in [1.82, 2.24) is 14.9 Å². The number of benzene rings is 3. The summed E-state index contributed by atoms with van der Waals surface area (Å²) in [5.41, 5.74) is 2.34. The second-order valence-electron chi connectivity index (χ2n) is 11.6. The van der Waals surface area contributed by atoms with Crippen LogP contribution in [-0.4, -0.2) is 40.0 Å². The largest absolute Gasteiger partial charge is 0.454 e. The summed E-state index contributed by atoms with van der Waals surface area (Å²) >= 11 is 1.32. The Morgan fingerprint density at radius 2 is 1.73 bits per heavy atom. The maximum atomic E-state index is 13.8. The van der Waals surface area contributed by atoms with Crippen LogP contribution in [0.5, 0.6) is 11.5 Å². The molecule has 6 rings (SSSR count). The monoisotopic (exact) mass is 626 g/mol. The van der Waals surface area contributed by atoms with Gasteiger partial charge in [-0.3, -0.25) is 19.0 Å². The molecule has 0 radical (unpaired) electrons. The summed E-state index contributed by atoms with van der Waals surface area (Å²) in [5.74, 6) is 1.41. The molecule has 9 nitrogen and oxygen atoms in total. The van der Waals surface area contributed by atoms with E-state index in [4.69, 9.17) is 14.5 Å². The van der Waals surface area contributed by atoms with E-state index in [-0.39, 0.29) is 36.0 Å². The van der Waals surface area contributed by atoms with Crippen molar-refractivity contribution < 1.29 is 19.1 Å². The minimum atomic E-state index is -0.468. The zero-order valence-electron chi connectivity index (χ0n) is 25.4. The van der Waals surface area contributed by atoms with Crippen molar-refractivity contribution in [2.45, 2.75) is 62.4 Å². The highest BCUT2D eigenvalue weighted by Gasteiger charge is 2.29. The first-order chi connectivity index (χ1) is 22.0. The number of carbonyl (C=O) groups excluding carboxylic acids is 2. The highest BCUT2D eigenvalue weighted by Crippen LogP contribution is 2.35. The minimum Gasteiger partial charge on any atom is -0.454 e. The first kappa shape index (κ1) is 30.7. The van der Waals surface area contributed by atoms with Gasteiger partial charge in [-0.15, -0.1) is 0 Å². The number of para-hydroxylation sites is 1. The van der Waals surface area contributed by atoms with Crippen LogP contribution in [0.15, 0.2) is 82.7 Å². The average molecular weight is 627 g/mol. The number of nitrogens with one attached hydrogen (secondary N) is 2. The van der Waals surface area contributed by atoms with E-state index in [2.05, 4.69) is 22.8 Å². The molecule has 3 aromatic carbocycles. The van der Waals surface area contributed by atoms with Crippen molar-refractivity contribution in [2.75, 3.05) is 18.7 Å². The van der Waals surface area contributed by atoms with Gasteiger partial charge in [0.15, 0.2) is 16.7 Å². The Hall–Kier alpha value is -4.31. The van der Waals surface area contributed by atoms with Crippen LogP contribution in [0, 0.1) is 11.8 Å². The van der Waals surface area contributed by atoms with E-state index in [0.29, 0.717) is 52.8 Å². The molecular weight excluding hydrogens is 588 g/mol. The van der Waals surface area contributed by atoms with Gasteiger partial charge in [0.05, 0.1) is 16.2 Å². The summed E-state index contributed by atoms with van der Waals surface area (Å²) < 4.78 is 12.6. The summed E-state index contributed by atoms with van der Waals surface area (Å²) in [5, 5.41) is 6.73. The fraction of sp³-hybridized carbons (Fsp3) is 0.371. The molecule has 4 aromatic rings. The molecule has 2 N–H and O–H groups in total. The van der Waals surface area contributed by atoms with E-state index in [0.717, 1.165) is 32.1 Å². The number of amides is 2. The predicted octanol–water partition coefficient (Wildman–Crippen LogP) is 5.80. The van der Waals surface area contributed by atoms with Crippen LogP contribution in [0.4, 0.5) is 5.69 Å². The lowest BCUT2D eigenvalue weighted by atomic mass is 9.81. The zero-order valence-corrected chi connectivity index (χ0v) is 26.2. The van der Waals surface area contributed by atoms with E-state index < -0.39 is 5.25 Å². The Morgan fingerprint density at radius 1 is 0.978 bits per heavy atom. The fourth-order valence-electron chi connectivity index (χ4n) is 6.03. The second kappa shape index (κ2) is 14.2. The third-order valence-electron chi connectivity index (χ3n) is 8.59. The van der Waals surface area contributed by atoms with Crippen molar-refractivity contribution >= 4 is 40.2 Å². The number of rotatable bonds is 11. The number of nitrogens with zero attached hydrogens (tertiary/aromatic N) is 2. The lowest BCUT2D eigenvalue weighted by Crippen LogP contribution is -2.36. The number of ether oxygens (including phenoxy) is 2. The highest BCUT2D eigenvalue weighted by atomic mass is 32.2. The normalized spacial score (nSPS) is 18.0. The van der Waals surface area contributed by atoms with Crippen LogP contribution in [-0.2, 0) is 22.6 Å². The average Bonchev–Trinajstić information content (AvgIpc) is 3.54. The van der Waals surface area contributed by atoms with Crippen molar-refractivity contribution in [3.63, 3.8) is 0 Å². The van der Waals surface area contributed by atoms with Gasteiger partial charge in [0.25, 0.3) is 5.56 Å². The Balaban J connectivity index is 1.12. The van der Waals surface area contributed by atoms with Gasteiger partial charge < -0.3 is 20.1 Å². The lowest BCUT2D eigenvalue weighted by molar-refractivity contribution is -0.126. The van der Waals surface area contributed by atoms with E-state index in [1.54, 1.807) is 28.8 Å². The predicted molar refractivity (Wildman–Crippen MR) is 176 cm³/mol. The standard InChI is InChI=1S/C35H38N4O5S/c1-2-31(33(41)37-26-16-17-29-30(20-26)44-22-43-29)45-35-38-28-11-7-6-10-27(28)34(42)39(35)21-24-12-14-25(15-13-24)32(40)36-19-18-23-8-4-3-5-9-23/h3-11,16-17,20,24-25,31H,2,12-15,18-19,21-22H2,1H3,(H,36,40)(H,37,41)/t24?,25?,31-/m0/s1. The number of thioether (sulfide) groups is 1. The third kappa shape index (κ3) is 7.33. The van der Waals surface area contributed by atoms with Gasteiger partial charge in [-0.2, -0.15) is 0 Å². The molecule has 1 saturated carbocycles. The number of hydrogen-bond donors (Lipinski definition) is 2. The van der Waals surface area contributed by atoms with Crippen molar-refractivity contribution in [2.24, 2.45) is 11.8 Å². The summed E-state index contributed by atoms with van der Waals surface area (Å²) in [6.45, 7) is 3.24. The second-order valence-corrected chi connectivity index (χ2v) is 12.8. The summed E-state index contributed by atoms with van der Waals surface area (Å²) in [4.78, 5) is 44.9. The number of fused-ring (bicyclic) bond motifs is 2. The van der Waals surface area contributed by atoms with Crippen LogP contribution < -0.4 is 25.7 Å². The molecule has 2 amide bonds. The number of carbonyl (C=O) groups is 2. The molecule has 1 atom stereocenters. The minimum absolute atomic E-state index is 0.0123. The smallest absolute Gasteiger partial charge is 0.262 e. The molecule has 1 aromatic heterocycles. The van der Waals surface area contributed by atoms with E-state index in [1.807, 2.05) is 43.3 Å². The quantitative estimate of drug-likeness (QED) is 0.160. The van der Waals surface area contributed by atoms with E-state index in [9.17, 15) is 14.4 Å². The van der Waals surface area contributed by atoms with Gasteiger partial charge in [0, 0.05) is 30.8 Å². The molecule has 45 heavy (non-hydrogen) atoms. The van der Waals surface area contributed by atoms with Gasteiger partial charge in [-0.25, -0.2) is 4.98 Å². The molecule has 0 saturated heterocycles. The highest BCUT2D eigenvalue weighted by molar-refractivity contribution is 8.00. The maximum Gasteiger partial charge on any atom is 0.262 e. The Labute approximate surface area is 266 Å². The van der Waals surface area contributed by atoms with Crippen LogP contribution in [0.3, 0.4) is 0 Å². The van der Waals surface area contributed by atoms with E-state index in [1.165, 1.54) is 17.3 Å². The first-order valence-corrected chi connectivity index (χ1v) is 16.5. The van der Waals surface area contributed by atoms with Crippen LogP contribution >= 0.6 is 11.8 Å². The van der Waals surface area contributed by atoms with Crippen molar-refractivity contribution in [3.8, 4) is 11.5 Å². The number of aromatic nitrogens is 2. The summed E-state index contributed by atoms with van der Waals surface area (Å²) in [6.07, 6.45) is 4.64. The molecular formula is C35H38N4O5S. The molecule has 10 heteroatoms. The van der Waals surface area contributed by atoms with Gasteiger partial charge >= 0.3 is 0 Å². The zero-order chi connectivity index (χ0) is 31.2.